The molecule has 1 aliphatic carbocycles. The van der Waals surface area contributed by atoms with Crippen molar-refractivity contribution < 1.29 is 14.6 Å². The molecule has 1 heterocycles. The number of rotatable bonds is 4. The molecule has 1 aromatic carbocycles. The van der Waals surface area contributed by atoms with Gasteiger partial charge in [0, 0.05) is 23.3 Å². The number of nitrogens with zero attached hydrogens (tertiary/aromatic N) is 1. The normalized spacial score (nSPS) is 18.9. The summed E-state index contributed by atoms with van der Waals surface area (Å²) in [7, 11) is 0. The van der Waals surface area contributed by atoms with Crippen LogP contribution in [-0.2, 0) is 22.6 Å². The van der Waals surface area contributed by atoms with Crippen molar-refractivity contribution in [2.45, 2.75) is 31.2 Å². The standard InChI is InChI=1S/C20H19ClN2O3/c1-20(21)10-15(8-7-14-5-3-2-4-6-14)9-16-17(11-20)23-18(22-16)12-26-13-19(24)25/h2-6,9H,10-13H2,1H3,(H,22,23)(H,24,25). The fraction of sp³-hybridized carbons (Fsp3) is 0.300. The largest absolute Gasteiger partial charge is 0.480 e. The summed E-state index contributed by atoms with van der Waals surface area (Å²) < 4.78 is 5.10. The van der Waals surface area contributed by atoms with E-state index in [-0.39, 0.29) is 13.2 Å². The van der Waals surface area contributed by atoms with Gasteiger partial charge in [-0.2, -0.15) is 0 Å². The van der Waals surface area contributed by atoms with Crippen LogP contribution in [0.5, 0.6) is 0 Å². The number of halogens is 1. The molecule has 0 radical (unpaired) electrons. The summed E-state index contributed by atoms with van der Waals surface area (Å²) in [5.74, 6) is 5.94. The van der Waals surface area contributed by atoms with Crippen LogP contribution in [0.1, 0.15) is 36.1 Å². The van der Waals surface area contributed by atoms with Gasteiger partial charge in [-0.1, -0.05) is 30.0 Å². The smallest absolute Gasteiger partial charge is 0.329 e. The van der Waals surface area contributed by atoms with Crippen molar-refractivity contribution in [3.8, 4) is 11.8 Å². The van der Waals surface area contributed by atoms with Crippen LogP contribution in [0, 0.1) is 11.8 Å². The van der Waals surface area contributed by atoms with Gasteiger partial charge in [-0.25, -0.2) is 9.78 Å². The first-order valence-electron chi connectivity index (χ1n) is 8.25. The molecule has 0 amide bonds. The minimum atomic E-state index is -1.01. The Kier molecular flexibility index (Phi) is 5.46. The lowest BCUT2D eigenvalue weighted by Crippen LogP contribution is -2.20. The minimum absolute atomic E-state index is 0.108. The molecule has 5 nitrogen and oxygen atoms in total. The number of hydrogen-bond donors (Lipinski definition) is 2. The highest BCUT2D eigenvalue weighted by atomic mass is 35.5. The number of fused-ring (bicyclic) bond motifs is 1. The topological polar surface area (TPSA) is 75.2 Å². The first-order chi connectivity index (χ1) is 12.4. The predicted molar refractivity (Wildman–Crippen MR) is 99.8 cm³/mol. The van der Waals surface area contributed by atoms with Crippen LogP contribution in [0.3, 0.4) is 0 Å². The second kappa shape index (κ2) is 7.77. The molecule has 3 rings (SSSR count). The molecule has 1 aromatic heterocycles. The van der Waals surface area contributed by atoms with Gasteiger partial charge in [0.25, 0.3) is 0 Å². The van der Waals surface area contributed by atoms with Crippen LogP contribution < -0.4 is 0 Å². The first kappa shape index (κ1) is 18.2. The SMILES string of the molecule is CC1(Cl)CC(C#Cc2ccccc2)=Cc2nc(COCC(=O)O)[nH]c2C1. The number of aromatic amines is 1. The molecular weight excluding hydrogens is 352 g/mol. The van der Waals surface area contributed by atoms with E-state index in [2.05, 4.69) is 21.8 Å². The van der Waals surface area contributed by atoms with Crippen LogP contribution >= 0.6 is 11.6 Å². The molecule has 2 aromatic rings. The average Bonchev–Trinajstić information content (AvgIpc) is 2.88. The maximum atomic E-state index is 10.5. The van der Waals surface area contributed by atoms with Crippen molar-refractivity contribution in [1.29, 1.82) is 0 Å². The van der Waals surface area contributed by atoms with E-state index in [0.29, 0.717) is 18.7 Å². The number of aliphatic carboxylic acids is 1. The van der Waals surface area contributed by atoms with Gasteiger partial charge in [0.1, 0.15) is 19.0 Å². The van der Waals surface area contributed by atoms with Crippen molar-refractivity contribution in [3.63, 3.8) is 0 Å². The lowest BCUT2D eigenvalue weighted by Gasteiger charge is -2.19. The van der Waals surface area contributed by atoms with Gasteiger partial charge in [-0.15, -0.1) is 11.6 Å². The number of H-pyrrole nitrogens is 1. The molecule has 0 spiro atoms. The number of aromatic nitrogens is 2. The van der Waals surface area contributed by atoms with Gasteiger partial charge in [0.15, 0.2) is 0 Å². The summed E-state index contributed by atoms with van der Waals surface area (Å²) in [6, 6.07) is 9.78. The van der Waals surface area contributed by atoms with Crippen LogP contribution in [0.15, 0.2) is 35.9 Å². The van der Waals surface area contributed by atoms with E-state index < -0.39 is 10.8 Å². The Morgan fingerprint density at radius 1 is 1.35 bits per heavy atom. The van der Waals surface area contributed by atoms with Crippen molar-refractivity contribution in [3.05, 3.63) is 58.7 Å². The molecule has 0 saturated heterocycles. The third-order valence-corrected chi connectivity index (χ3v) is 4.15. The van der Waals surface area contributed by atoms with Gasteiger partial charge in [0.05, 0.1) is 10.6 Å². The lowest BCUT2D eigenvalue weighted by atomic mass is 9.98. The number of carboxylic acid groups (broad SMARTS) is 1. The van der Waals surface area contributed by atoms with Gasteiger partial charge in [-0.3, -0.25) is 0 Å². The fourth-order valence-corrected chi connectivity index (χ4v) is 3.11. The van der Waals surface area contributed by atoms with E-state index >= 15 is 0 Å². The van der Waals surface area contributed by atoms with Gasteiger partial charge >= 0.3 is 5.97 Å². The molecule has 1 atom stereocenters. The Bertz CT molecular complexity index is 889. The van der Waals surface area contributed by atoms with Crippen LogP contribution in [-0.4, -0.2) is 32.5 Å². The Morgan fingerprint density at radius 3 is 2.85 bits per heavy atom. The Labute approximate surface area is 157 Å². The van der Waals surface area contributed by atoms with Gasteiger partial charge < -0.3 is 14.8 Å². The zero-order valence-electron chi connectivity index (χ0n) is 14.4. The number of nitrogens with one attached hydrogen (secondary N) is 1. The number of alkyl halides is 1. The first-order valence-corrected chi connectivity index (χ1v) is 8.63. The number of ether oxygens (including phenoxy) is 1. The molecule has 1 aliphatic rings. The van der Waals surface area contributed by atoms with Gasteiger partial charge in [-0.05, 0) is 31.6 Å². The molecule has 6 heteroatoms. The third-order valence-electron chi connectivity index (χ3n) is 3.88. The second-order valence-electron chi connectivity index (χ2n) is 6.49. The summed E-state index contributed by atoms with van der Waals surface area (Å²) in [4.78, 5) is 17.8. The van der Waals surface area contributed by atoms with Crippen molar-refractivity contribution in [2.75, 3.05) is 6.61 Å². The lowest BCUT2D eigenvalue weighted by molar-refractivity contribution is -0.142. The molecular formula is C20H19ClN2O3. The van der Waals surface area contributed by atoms with Gasteiger partial charge in [0.2, 0.25) is 0 Å². The molecule has 0 bridgehead atoms. The molecule has 2 N–H and O–H groups in total. The third kappa shape index (κ3) is 4.98. The minimum Gasteiger partial charge on any atom is -0.480 e. The van der Waals surface area contributed by atoms with Crippen molar-refractivity contribution >= 4 is 23.6 Å². The van der Waals surface area contributed by atoms with Crippen molar-refractivity contribution in [1.82, 2.24) is 9.97 Å². The van der Waals surface area contributed by atoms with E-state index in [1.165, 1.54) is 0 Å². The summed E-state index contributed by atoms with van der Waals surface area (Å²) in [6.07, 6.45) is 3.20. The number of hydrogen-bond acceptors (Lipinski definition) is 3. The zero-order valence-corrected chi connectivity index (χ0v) is 15.1. The molecule has 0 saturated carbocycles. The monoisotopic (exact) mass is 370 g/mol. The summed E-state index contributed by atoms with van der Waals surface area (Å²) in [6.45, 7) is 1.72. The quantitative estimate of drug-likeness (QED) is 0.639. The van der Waals surface area contributed by atoms with Crippen molar-refractivity contribution in [2.24, 2.45) is 0 Å². The predicted octanol–water partition coefficient (Wildman–Crippen LogP) is 3.39. The van der Waals surface area contributed by atoms with E-state index in [0.717, 1.165) is 22.5 Å². The molecule has 26 heavy (non-hydrogen) atoms. The second-order valence-corrected chi connectivity index (χ2v) is 7.40. The molecule has 0 fully saturated rings. The van der Waals surface area contributed by atoms with E-state index in [9.17, 15) is 4.79 Å². The average molecular weight is 371 g/mol. The Balaban J connectivity index is 1.84. The van der Waals surface area contributed by atoms with Crippen LogP contribution in [0.2, 0.25) is 0 Å². The van der Waals surface area contributed by atoms with Crippen LogP contribution in [0.25, 0.3) is 6.08 Å². The number of allylic oxidation sites excluding steroid dienone is 1. The fourth-order valence-electron chi connectivity index (χ4n) is 2.84. The number of imidazole rings is 1. The van der Waals surface area contributed by atoms with E-state index in [4.69, 9.17) is 21.4 Å². The van der Waals surface area contributed by atoms with Crippen LogP contribution in [0.4, 0.5) is 0 Å². The van der Waals surface area contributed by atoms with E-state index in [1.807, 2.05) is 43.3 Å². The molecule has 0 aliphatic heterocycles. The summed E-state index contributed by atoms with van der Waals surface area (Å²) in [5, 5.41) is 8.65. The molecule has 134 valence electrons. The maximum Gasteiger partial charge on any atom is 0.329 e. The highest BCUT2D eigenvalue weighted by molar-refractivity contribution is 6.24. The zero-order chi connectivity index (χ0) is 18.6. The highest BCUT2D eigenvalue weighted by Gasteiger charge is 2.28. The Hall–Kier alpha value is -2.55. The number of benzene rings is 1. The van der Waals surface area contributed by atoms with E-state index in [1.54, 1.807) is 0 Å². The number of carbonyl (C=O) groups is 1. The maximum absolute atomic E-state index is 10.5. The summed E-state index contributed by atoms with van der Waals surface area (Å²) in [5.41, 5.74) is 3.54. The molecule has 1 unspecified atom stereocenters. The number of carboxylic acids is 1. The highest BCUT2D eigenvalue weighted by Crippen LogP contribution is 2.33. The Morgan fingerprint density at radius 2 is 2.12 bits per heavy atom. The summed E-state index contributed by atoms with van der Waals surface area (Å²) >= 11 is 6.67.